The van der Waals surface area contributed by atoms with E-state index in [4.69, 9.17) is 5.26 Å². The molecule has 3 aliphatic carbocycles. The van der Waals surface area contributed by atoms with Crippen molar-refractivity contribution in [1.29, 1.82) is 5.26 Å². The van der Waals surface area contributed by atoms with E-state index in [0.717, 1.165) is 33.3 Å². The molecular formula is C19H13BrF2N2. The van der Waals surface area contributed by atoms with Crippen LogP contribution in [0.25, 0.3) is 0 Å². The van der Waals surface area contributed by atoms with Crippen LogP contribution in [0.1, 0.15) is 30.4 Å². The van der Waals surface area contributed by atoms with E-state index in [0.29, 0.717) is 24.8 Å². The Morgan fingerprint density at radius 2 is 2.12 bits per heavy atom. The van der Waals surface area contributed by atoms with Gasteiger partial charge in [0.1, 0.15) is 0 Å². The van der Waals surface area contributed by atoms with Crippen LogP contribution >= 0.6 is 15.9 Å². The topological polar surface area (TPSA) is 36.1 Å². The SMILES string of the molecule is N#C/N=C1\c2cc(Br)ccc2CC12C=C1CC=C(F)C(F)=C1CC2. The summed E-state index contributed by atoms with van der Waals surface area (Å²) < 4.78 is 28.5. The highest BCUT2D eigenvalue weighted by molar-refractivity contribution is 9.10. The van der Waals surface area contributed by atoms with E-state index in [1.54, 1.807) is 0 Å². The van der Waals surface area contributed by atoms with Crippen LogP contribution in [0.15, 0.2) is 62.6 Å². The molecule has 1 spiro atoms. The molecule has 0 bridgehead atoms. The highest BCUT2D eigenvalue weighted by Crippen LogP contribution is 2.50. The molecule has 4 rings (SSSR count). The van der Waals surface area contributed by atoms with Crippen molar-refractivity contribution < 1.29 is 8.78 Å². The molecule has 24 heavy (non-hydrogen) atoms. The number of nitriles is 1. The van der Waals surface area contributed by atoms with Crippen LogP contribution in [0.2, 0.25) is 0 Å². The molecule has 120 valence electrons. The maximum absolute atomic E-state index is 14.1. The molecule has 0 heterocycles. The summed E-state index contributed by atoms with van der Waals surface area (Å²) in [5, 5.41) is 9.15. The zero-order valence-corrected chi connectivity index (χ0v) is 14.3. The lowest BCUT2D eigenvalue weighted by molar-refractivity contribution is 0.459. The lowest BCUT2D eigenvalue weighted by atomic mass is 9.70. The fraction of sp³-hybridized carbons (Fsp3) is 0.263. The van der Waals surface area contributed by atoms with Gasteiger partial charge in [0.25, 0.3) is 0 Å². The number of rotatable bonds is 0. The molecular weight excluding hydrogens is 374 g/mol. The summed E-state index contributed by atoms with van der Waals surface area (Å²) >= 11 is 3.47. The van der Waals surface area contributed by atoms with Crippen LogP contribution in [-0.2, 0) is 6.42 Å². The molecule has 0 saturated heterocycles. The van der Waals surface area contributed by atoms with Crippen LogP contribution in [-0.4, -0.2) is 5.71 Å². The minimum absolute atomic E-state index is 0.385. The highest BCUT2D eigenvalue weighted by Gasteiger charge is 2.45. The van der Waals surface area contributed by atoms with Gasteiger partial charge in [-0.15, -0.1) is 0 Å². The molecule has 0 aliphatic heterocycles. The third-order valence-electron chi connectivity index (χ3n) is 5.10. The van der Waals surface area contributed by atoms with Gasteiger partial charge in [0.2, 0.25) is 6.19 Å². The van der Waals surface area contributed by atoms with Gasteiger partial charge in [-0.1, -0.05) is 28.1 Å². The fourth-order valence-corrected chi connectivity index (χ4v) is 4.39. The van der Waals surface area contributed by atoms with E-state index in [1.165, 1.54) is 6.08 Å². The molecule has 1 aromatic rings. The monoisotopic (exact) mass is 386 g/mol. The maximum atomic E-state index is 14.1. The van der Waals surface area contributed by atoms with Crippen LogP contribution in [0.3, 0.4) is 0 Å². The molecule has 0 radical (unpaired) electrons. The van der Waals surface area contributed by atoms with Gasteiger partial charge >= 0.3 is 0 Å². The summed E-state index contributed by atoms with van der Waals surface area (Å²) in [4.78, 5) is 4.11. The number of benzene rings is 1. The minimum atomic E-state index is -0.761. The predicted octanol–water partition coefficient (Wildman–Crippen LogP) is 5.46. The molecule has 0 saturated carbocycles. The molecule has 0 aromatic heterocycles. The summed E-state index contributed by atoms with van der Waals surface area (Å²) in [5.74, 6) is -1.50. The Kier molecular flexibility index (Phi) is 3.54. The van der Waals surface area contributed by atoms with Gasteiger partial charge < -0.3 is 0 Å². The number of aliphatic imine (C=N–C) groups is 1. The van der Waals surface area contributed by atoms with E-state index in [9.17, 15) is 8.78 Å². The van der Waals surface area contributed by atoms with E-state index in [2.05, 4.69) is 20.9 Å². The average molecular weight is 387 g/mol. The van der Waals surface area contributed by atoms with Gasteiger partial charge in [0, 0.05) is 15.5 Å². The van der Waals surface area contributed by atoms with Crippen LogP contribution in [0.4, 0.5) is 8.78 Å². The number of allylic oxidation sites excluding steroid dienone is 6. The predicted molar refractivity (Wildman–Crippen MR) is 91.7 cm³/mol. The highest BCUT2D eigenvalue weighted by atomic mass is 79.9. The smallest absolute Gasteiger partial charge is 0.204 e. The Labute approximate surface area is 147 Å². The van der Waals surface area contributed by atoms with Crippen molar-refractivity contribution in [3.8, 4) is 6.19 Å². The summed E-state index contributed by atoms with van der Waals surface area (Å²) in [7, 11) is 0. The third-order valence-corrected chi connectivity index (χ3v) is 5.59. The summed E-state index contributed by atoms with van der Waals surface area (Å²) in [6, 6.07) is 5.98. The van der Waals surface area contributed by atoms with Crippen LogP contribution in [0.5, 0.6) is 0 Å². The number of nitrogens with zero attached hydrogens (tertiary/aromatic N) is 2. The zero-order chi connectivity index (χ0) is 16.9. The van der Waals surface area contributed by atoms with Gasteiger partial charge in [-0.05, 0) is 60.6 Å². The first-order chi connectivity index (χ1) is 11.5. The van der Waals surface area contributed by atoms with E-state index >= 15 is 0 Å². The van der Waals surface area contributed by atoms with E-state index in [-0.39, 0.29) is 0 Å². The number of halogens is 3. The number of hydrogen-bond donors (Lipinski definition) is 0. The third kappa shape index (κ3) is 2.21. The van der Waals surface area contributed by atoms with Crippen molar-refractivity contribution in [2.75, 3.05) is 0 Å². The van der Waals surface area contributed by atoms with Crippen molar-refractivity contribution >= 4 is 21.6 Å². The van der Waals surface area contributed by atoms with Gasteiger partial charge in [-0.3, -0.25) is 0 Å². The van der Waals surface area contributed by atoms with E-state index < -0.39 is 17.1 Å². The van der Waals surface area contributed by atoms with Crippen molar-refractivity contribution in [2.45, 2.75) is 25.7 Å². The van der Waals surface area contributed by atoms with Crippen molar-refractivity contribution in [2.24, 2.45) is 10.4 Å². The molecule has 1 unspecified atom stereocenters. The first kappa shape index (κ1) is 15.5. The molecule has 1 aromatic carbocycles. The van der Waals surface area contributed by atoms with Crippen molar-refractivity contribution in [3.63, 3.8) is 0 Å². The molecule has 3 aliphatic rings. The summed E-state index contributed by atoms with van der Waals surface area (Å²) in [5.41, 5.74) is 3.72. The Balaban J connectivity index is 1.86. The Bertz CT molecular complexity index is 918. The first-order valence-electron chi connectivity index (χ1n) is 7.77. The molecule has 2 nitrogen and oxygen atoms in total. The molecule has 0 fully saturated rings. The molecule has 0 N–H and O–H groups in total. The molecule has 1 atom stereocenters. The average Bonchev–Trinajstić information content (AvgIpc) is 2.85. The molecule has 0 amide bonds. The fourth-order valence-electron chi connectivity index (χ4n) is 4.03. The Morgan fingerprint density at radius 1 is 1.29 bits per heavy atom. The van der Waals surface area contributed by atoms with Crippen molar-refractivity contribution in [3.05, 3.63) is 68.8 Å². The summed E-state index contributed by atoms with van der Waals surface area (Å²) in [6.07, 6.45) is 7.41. The van der Waals surface area contributed by atoms with E-state index in [1.807, 2.05) is 30.5 Å². The second-order valence-corrected chi connectivity index (χ2v) is 7.33. The Hall–Kier alpha value is -2.06. The first-order valence-corrected chi connectivity index (χ1v) is 8.56. The molecule has 5 heteroatoms. The van der Waals surface area contributed by atoms with Crippen LogP contribution in [0, 0.1) is 16.9 Å². The van der Waals surface area contributed by atoms with Gasteiger partial charge in [0.05, 0.1) is 5.71 Å². The van der Waals surface area contributed by atoms with Gasteiger partial charge in [-0.25, -0.2) is 8.78 Å². The summed E-state index contributed by atoms with van der Waals surface area (Å²) in [6.45, 7) is 0. The van der Waals surface area contributed by atoms with Crippen LogP contribution < -0.4 is 0 Å². The van der Waals surface area contributed by atoms with Gasteiger partial charge in [-0.2, -0.15) is 10.3 Å². The maximum Gasteiger partial charge on any atom is 0.205 e. The minimum Gasteiger partial charge on any atom is -0.204 e. The largest absolute Gasteiger partial charge is 0.205 e. The number of hydrogen-bond acceptors (Lipinski definition) is 2. The quantitative estimate of drug-likeness (QED) is 0.545. The zero-order valence-electron chi connectivity index (χ0n) is 12.7. The van der Waals surface area contributed by atoms with Crippen molar-refractivity contribution in [1.82, 2.24) is 0 Å². The second kappa shape index (κ2) is 5.49. The lowest BCUT2D eigenvalue weighted by Gasteiger charge is -2.34. The Morgan fingerprint density at radius 3 is 2.92 bits per heavy atom. The number of fused-ring (bicyclic) bond motifs is 2. The second-order valence-electron chi connectivity index (χ2n) is 6.41. The normalized spacial score (nSPS) is 26.8. The van der Waals surface area contributed by atoms with Gasteiger partial charge in [0.15, 0.2) is 11.7 Å². The standard InChI is InChI=1S/C19H13BrF2N2/c20-13-3-1-12-9-19(18(24-10-23)15(12)7-13)6-5-14-11(8-19)2-4-16(21)17(14)22/h1,3-4,7-8H,2,5-6,9H2/b24-18+. The lowest BCUT2D eigenvalue weighted by Crippen LogP contribution is -2.30.